The zero-order valence-corrected chi connectivity index (χ0v) is 27.6. The summed E-state index contributed by atoms with van der Waals surface area (Å²) in [4.78, 5) is 28.7. The molecule has 1 N–H and O–H groups in total. The summed E-state index contributed by atoms with van der Waals surface area (Å²) in [5.41, 5.74) is -0.284. The maximum absolute atomic E-state index is 13.2. The maximum Gasteiger partial charge on any atom is 0.410 e. The zero-order valence-electron chi connectivity index (χ0n) is 25.5. The number of carbonyl (C=O) groups is 2. The van der Waals surface area contributed by atoms with Crippen molar-refractivity contribution in [2.24, 2.45) is 0 Å². The molecule has 0 spiro atoms. The van der Waals surface area contributed by atoms with Gasteiger partial charge >= 0.3 is 12.2 Å². The van der Waals surface area contributed by atoms with Gasteiger partial charge in [0.1, 0.15) is 11.2 Å². The number of ether oxygens (including phenoxy) is 2. The van der Waals surface area contributed by atoms with E-state index in [-0.39, 0.29) is 25.2 Å². The Bertz CT molecular complexity index is 1210. The van der Waals surface area contributed by atoms with Crippen LogP contribution < -0.4 is 10.2 Å². The van der Waals surface area contributed by atoms with Gasteiger partial charge in [0.2, 0.25) is 0 Å². The second-order valence-electron chi connectivity index (χ2n) is 11.8. The van der Waals surface area contributed by atoms with E-state index in [9.17, 15) is 27.2 Å². The summed E-state index contributed by atoms with van der Waals surface area (Å²) in [6.45, 7) is 16.4. The zero-order chi connectivity index (χ0) is 32.4. The van der Waals surface area contributed by atoms with E-state index in [4.69, 9.17) is 9.47 Å². The molecular formula is C31H45F4IN4O4. The average molecular weight is 741 g/mol. The minimum Gasteiger partial charge on any atom is -0.444 e. The van der Waals surface area contributed by atoms with E-state index >= 15 is 0 Å². The molecule has 8 nitrogen and oxygen atoms in total. The Balaban J connectivity index is 0.000000359. The van der Waals surface area contributed by atoms with E-state index in [0.29, 0.717) is 35.4 Å². The van der Waals surface area contributed by atoms with Crippen molar-refractivity contribution in [3.8, 4) is 0 Å². The van der Waals surface area contributed by atoms with Crippen LogP contribution in [-0.2, 0) is 9.47 Å². The van der Waals surface area contributed by atoms with Crippen LogP contribution in [0.3, 0.4) is 0 Å². The van der Waals surface area contributed by atoms with Crippen LogP contribution in [0.1, 0.15) is 49.0 Å². The number of nitrogens with zero attached hydrogens (tertiary/aromatic N) is 3. The Hall–Kier alpha value is -2.81. The van der Waals surface area contributed by atoms with Crippen molar-refractivity contribution in [1.82, 2.24) is 15.1 Å². The molecule has 248 valence electrons. The van der Waals surface area contributed by atoms with Crippen molar-refractivity contribution in [2.45, 2.75) is 60.2 Å². The molecule has 2 aliphatic heterocycles. The summed E-state index contributed by atoms with van der Waals surface area (Å²) >= 11 is 1.92. The van der Waals surface area contributed by atoms with Crippen molar-refractivity contribution in [3.05, 3.63) is 63.2 Å². The number of benzene rings is 2. The standard InChI is InChI=1S/C15H20F2N2O2.C9H18N2O2.C6H3F2I.CH4/c1-15(2,3)21-14(20)19-8-6-18(7-9-19)11-4-5-12(16)13(17)10-11;1-9(2,3)13-8(12)11-6-4-10-5-7-11;7-5-2-1-4(9)3-6(5)8;/h4-5,10H,6-9H2,1-3H3;10H,4-7H2,1-3H3;1-3H;1H4. The molecule has 0 aromatic heterocycles. The number of hydrogen-bond donors (Lipinski definition) is 1. The summed E-state index contributed by atoms with van der Waals surface area (Å²) in [7, 11) is 0. The number of carbonyl (C=O) groups excluding carboxylic acids is 2. The Morgan fingerprint density at radius 1 is 0.682 bits per heavy atom. The quantitative estimate of drug-likeness (QED) is 0.192. The highest BCUT2D eigenvalue weighted by Crippen LogP contribution is 2.20. The third kappa shape index (κ3) is 14.3. The van der Waals surface area contributed by atoms with Gasteiger partial charge in [-0.1, -0.05) is 7.43 Å². The van der Waals surface area contributed by atoms with Gasteiger partial charge in [-0.25, -0.2) is 27.2 Å². The number of amides is 2. The molecule has 13 heteroatoms. The lowest BCUT2D eigenvalue weighted by atomic mass is 10.2. The highest BCUT2D eigenvalue weighted by Gasteiger charge is 2.26. The normalized spacial score (nSPS) is 15.1. The van der Waals surface area contributed by atoms with Gasteiger partial charge in [-0.2, -0.15) is 0 Å². The maximum atomic E-state index is 13.2. The molecule has 0 radical (unpaired) electrons. The van der Waals surface area contributed by atoms with Gasteiger partial charge in [0.15, 0.2) is 23.3 Å². The highest BCUT2D eigenvalue weighted by molar-refractivity contribution is 14.1. The van der Waals surface area contributed by atoms with E-state index in [2.05, 4.69) is 5.32 Å². The van der Waals surface area contributed by atoms with Gasteiger partial charge in [0, 0.05) is 67.7 Å². The second-order valence-corrected chi connectivity index (χ2v) is 13.1. The lowest BCUT2D eigenvalue weighted by Crippen LogP contribution is -2.50. The van der Waals surface area contributed by atoms with Crippen molar-refractivity contribution >= 4 is 40.5 Å². The number of anilines is 1. The molecule has 2 aliphatic rings. The van der Waals surface area contributed by atoms with Crippen LogP contribution in [0.4, 0.5) is 32.8 Å². The number of nitrogens with one attached hydrogen (secondary N) is 1. The third-order valence-electron chi connectivity index (χ3n) is 5.85. The summed E-state index contributed by atoms with van der Waals surface area (Å²) in [5, 5.41) is 3.18. The van der Waals surface area contributed by atoms with Crippen molar-refractivity contribution < 1.29 is 36.6 Å². The van der Waals surface area contributed by atoms with E-state index < -0.39 is 28.9 Å². The molecule has 0 saturated carbocycles. The molecule has 0 bridgehead atoms. The first-order valence-corrected chi connectivity index (χ1v) is 15.0. The van der Waals surface area contributed by atoms with E-state index in [1.807, 2.05) is 69.0 Å². The number of rotatable bonds is 1. The van der Waals surface area contributed by atoms with E-state index in [1.165, 1.54) is 12.1 Å². The SMILES string of the molecule is C.CC(C)(C)OC(=O)N1CCN(c2ccc(F)c(F)c2)CC1.CC(C)(C)OC(=O)N1CCNCC1.Fc1ccc(I)cc1F. The Morgan fingerprint density at radius 2 is 1.11 bits per heavy atom. The lowest BCUT2D eigenvalue weighted by molar-refractivity contribution is 0.0223. The number of hydrogen-bond acceptors (Lipinski definition) is 6. The average Bonchev–Trinajstić information content (AvgIpc) is 2.92. The van der Waals surface area contributed by atoms with Crippen LogP contribution in [0.15, 0.2) is 36.4 Å². The van der Waals surface area contributed by atoms with E-state index in [1.54, 1.807) is 15.9 Å². The Morgan fingerprint density at radius 3 is 1.52 bits per heavy atom. The monoisotopic (exact) mass is 740 g/mol. The molecule has 2 amide bonds. The molecule has 0 atom stereocenters. The Labute approximate surface area is 272 Å². The minimum absolute atomic E-state index is 0. The summed E-state index contributed by atoms with van der Waals surface area (Å²) in [5.74, 6) is -3.30. The smallest absolute Gasteiger partial charge is 0.410 e. The summed E-state index contributed by atoms with van der Waals surface area (Å²) in [6, 6.07) is 7.61. The lowest BCUT2D eigenvalue weighted by Gasteiger charge is -2.36. The summed E-state index contributed by atoms with van der Waals surface area (Å²) in [6.07, 6.45) is -0.540. The predicted molar refractivity (Wildman–Crippen MR) is 173 cm³/mol. The molecule has 4 rings (SSSR count). The second kappa shape index (κ2) is 17.6. The highest BCUT2D eigenvalue weighted by atomic mass is 127. The molecule has 2 heterocycles. The number of piperazine rings is 2. The molecule has 2 aromatic carbocycles. The van der Waals surface area contributed by atoms with Gasteiger partial charge in [0.25, 0.3) is 0 Å². The summed E-state index contributed by atoms with van der Waals surface area (Å²) < 4.78 is 61.7. The fourth-order valence-corrected chi connectivity index (χ4v) is 4.25. The molecule has 2 saturated heterocycles. The largest absolute Gasteiger partial charge is 0.444 e. The molecule has 2 aromatic rings. The first-order chi connectivity index (χ1) is 19.9. The van der Waals surface area contributed by atoms with Crippen LogP contribution in [0.5, 0.6) is 0 Å². The van der Waals surface area contributed by atoms with Crippen molar-refractivity contribution in [1.29, 1.82) is 0 Å². The Kier molecular flexibility index (Phi) is 15.7. The van der Waals surface area contributed by atoms with Gasteiger partial charge in [-0.05, 0) is 94.5 Å². The number of halogens is 5. The molecule has 2 fully saturated rings. The molecule has 44 heavy (non-hydrogen) atoms. The fraction of sp³-hybridized carbons (Fsp3) is 0.548. The third-order valence-corrected chi connectivity index (χ3v) is 6.52. The van der Waals surface area contributed by atoms with Crippen LogP contribution in [0.2, 0.25) is 0 Å². The topological polar surface area (TPSA) is 74.4 Å². The predicted octanol–water partition coefficient (Wildman–Crippen LogP) is 7.05. The van der Waals surface area contributed by atoms with Gasteiger partial charge in [-0.3, -0.25) is 0 Å². The van der Waals surface area contributed by atoms with Crippen molar-refractivity contribution in [2.75, 3.05) is 57.3 Å². The van der Waals surface area contributed by atoms with Crippen LogP contribution in [0, 0.1) is 26.8 Å². The van der Waals surface area contributed by atoms with Crippen LogP contribution in [-0.4, -0.2) is 85.5 Å². The van der Waals surface area contributed by atoms with Crippen LogP contribution >= 0.6 is 22.6 Å². The molecule has 0 unspecified atom stereocenters. The van der Waals surface area contributed by atoms with Gasteiger partial charge in [-0.15, -0.1) is 0 Å². The van der Waals surface area contributed by atoms with Crippen LogP contribution in [0.25, 0.3) is 0 Å². The van der Waals surface area contributed by atoms with Gasteiger partial charge in [0.05, 0.1) is 0 Å². The van der Waals surface area contributed by atoms with Crippen molar-refractivity contribution in [3.63, 3.8) is 0 Å². The first-order valence-electron chi connectivity index (χ1n) is 13.9. The fourth-order valence-electron chi connectivity index (χ4n) is 3.80. The minimum atomic E-state index is -0.859. The van der Waals surface area contributed by atoms with E-state index in [0.717, 1.165) is 44.4 Å². The van der Waals surface area contributed by atoms with Gasteiger partial charge < -0.3 is 29.5 Å². The molecular weight excluding hydrogens is 695 g/mol. The first kappa shape index (κ1) is 39.2. The molecule has 0 aliphatic carbocycles.